The summed E-state index contributed by atoms with van der Waals surface area (Å²) in [5, 5.41) is 13.1. The monoisotopic (exact) mass is 562 g/mol. The summed E-state index contributed by atoms with van der Waals surface area (Å²) in [6, 6.07) is 20.1. The molecule has 0 aliphatic heterocycles. The number of nitriles is 1. The van der Waals surface area contributed by atoms with Crippen LogP contribution in [0.5, 0.6) is 5.75 Å². The molecule has 3 aromatic carbocycles. The molecule has 4 nitrogen and oxygen atoms in total. The average Bonchev–Trinajstić information content (AvgIpc) is 2.75. The molecule has 0 saturated heterocycles. The number of nitrogens with one attached hydrogen (secondary N) is 1. The molecule has 0 fully saturated rings. The van der Waals surface area contributed by atoms with Gasteiger partial charge in [-0.2, -0.15) is 5.26 Å². The number of anilines is 1. The molecular weight excluding hydrogens is 546 g/mol. The Balaban J connectivity index is 1.70. The number of halogens is 3. The maximum absolute atomic E-state index is 12.4. The molecule has 3 rings (SSSR count). The lowest BCUT2D eigenvalue weighted by Crippen LogP contribution is -2.13. The molecule has 0 saturated carbocycles. The number of carbonyl (C=O) groups is 1. The third-order valence-corrected chi connectivity index (χ3v) is 5.90. The van der Waals surface area contributed by atoms with Gasteiger partial charge in [0.15, 0.2) is 0 Å². The largest absolute Gasteiger partial charge is 0.488 e. The molecule has 1 N–H and O–H groups in total. The van der Waals surface area contributed by atoms with E-state index in [2.05, 4.69) is 27.9 Å². The van der Waals surface area contributed by atoms with E-state index in [-0.39, 0.29) is 5.57 Å². The van der Waals surface area contributed by atoms with Crippen LogP contribution in [0, 0.1) is 21.8 Å². The van der Waals surface area contributed by atoms with Crippen LogP contribution in [0.4, 0.5) is 5.69 Å². The molecule has 156 valence electrons. The Kier molecular flexibility index (Phi) is 7.97. The van der Waals surface area contributed by atoms with Crippen molar-refractivity contribution in [2.75, 3.05) is 5.32 Å². The van der Waals surface area contributed by atoms with Gasteiger partial charge in [0.1, 0.15) is 24.0 Å². The lowest BCUT2D eigenvalue weighted by molar-refractivity contribution is -0.112. The predicted octanol–water partition coefficient (Wildman–Crippen LogP) is 7.03. The van der Waals surface area contributed by atoms with Gasteiger partial charge in [0, 0.05) is 5.69 Å². The van der Waals surface area contributed by atoms with Crippen molar-refractivity contribution in [2.45, 2.75) is 13.5 Å². The molecule has 0 spiro atoms. The highest BCUT2D eigenvalue weighted by Crippen LogP contribution is 2.26. The standard InChI is InChI=1S/C24H17Cl2IN2O2/c1-15-2-6-19(7-3-15)29-24(30)18(13-28)10-16-5-9-23(22(27)12-16)31-14-17-4-8-20(25)21(26)11-17/h2-12H,14H2,1H3,(H,29,30). The second kappa shape index (κ2) is 10.7. The molecule has 0 radical (unpaired) electrons. The van der Waals surface area contributed by atoms with E-state index in [0.717, 1.165) is 20.3 Å². The van der Waals surface area contributed by atoms with Crippen LogP contribution in [0.3, 0.4) is 0 Å². The van der Waals surface area contributed by atoms with Gasteiger partial charge in [-0.15, -0.1) is 0 Å². The maximum atomic E-state index is 12.4. The smallest absolute Gasteiger partial charge is 0.266 e. The number of amides is 1. The van der Waals surface area contributed by atoms with Crippen molar-refractivity contribution in [3.05, 3.63) is 96.5 Å². The van der Waals surface area contributed by atoms with Crippen molar-refractivity contribution in [2.24, 2.45) is 0 Å². The van der Waals surface area contributed by atoms with Crippen molar-refractivity contribution >= 4 is 63.5 Å². The van der Waals surface area contributed by atoms with Crippen LogP contribution >= 0.6 is 45.8 Å². The van der Waals surface area contributed by atoms with E-state index < -0.39 is 5.91 Å². The second-order valence-corrected chi connectivity index (χ2v) is 8.69. The highest BCUT2D eigenvalue weighted by atomic mass is 127. The fraction of sp³-hybridized carbons (Fsp3) is 0.0833. The fourth-order valence-corrected chi connectivity index (χ4v) is 3.68. The average molecular weight is 563 g/mol. The van der Waals surface area contributed by atoms with Crippen LogP contribution in [0.25, 0.3) is 6.08 Å². The number of aryl methyl sites for hydroxylation is 1. The molecule has 0 aliphatic rings. The predicted molar refractivity (Wildman–Crippen MR) is 133 cm³/mol. The molecule has 3 aromatic rings. The summed E-state index contributed by atoms with van der Waals surface area (Å²) >= 11 is 14.1. The summed E-state index contributed by atoms with van der Waals surface area (Å²) in [6.45, 7) is 2.30. The van der Waals surface area contributed by atoms with Gasteiger partial charge >= 0.3 is 0 Å². The summed E-state index contributed by atoms with van der Waals surface area (Å²) in [4.78, 5) is 12.4. The Bertz CT molecular complexity index is 1190. The van der Waals surface area contributed by atoms with Crippen LogP contribution in [-0.4, -0.2) is 5.91 Å². The van der Waals surface area contributed by atoms with Crippen LogP contribution in [0.2, 0.25) is 10.0 Å². The van der Waals surface area contributed by atoms with Gasteiger partial charge in [-0.25, -0.2) is 0 Å². The number of benzene rings is 3. The molecular formula is C24H17Cl2IN2O2. The molecule has 7 heteroatoms. The third kappa shape index (κ3) is 6.47. The Labute approximate surface area is 204 Å². The molecule has 0 heterocycles. The summed E-state index contributed by atoms with van der Waals surface area (Å²) in [7, 11) is 0. The van der Waals surface area contributed by atoms with Gasteiger partial charge in [0.25, 0.3) is 5.91 Å². The Morgan fingerprint density at radius 3 is 2.48 bits per heavy atom. The van der Waals surface area contributed by atoms with E-state index in [1.807, 2.05) is 37.3 Å². The first-order valence-electron chi connectivity index (χ1n) is 9.22. The highest BCUT2D eigenvalue weighted by Gasteiger charge is 2.11. The molecule has 31 heavy (non-hydrogen) atoms. The number of carbonyl (C=O) groups excluding carboxylic acids is 1. The van der Waals surface area contributed by atoms with Crippen molar-refractivity contribution in [1.29, 1.82) is 5.26 Å². The van der Waals surface area contributed by atoms with Gasteiger partial charge in [0.05, 0.1) is 13.6 Å². The Morgan fingerprint density at radius 2 is 1.84 bits per heavy atom. The number of ether oxygens (including phenoxy) is 1. The summed E-state index contributed by atoms with van der Waals surface area (Å²) < 4.78 is 6.72. The van der Waals surface area contributed by atoms with Crippen LogP contribution in [0.1, 0.15) is 16.7 Å². The summed E-state index contributed by atoms with van der Waals surface area (Å²) in [6.07, 6.45) is 1.55. The van der Waals surface area contributed by atoms with Gasteiger partial charge in [-0.3, -0.25) is 4.79 Å². The SMILES string of the molecule is Cc1ccc(NC(=O)C(C#N)=Cc2ccc(OCc3ccc(Cl)c(Cl)c3)c(I)c2)cc1. The summed E-state index contributed by atoms with van der Waals surface area (Å²) in [5.74, 6) is 0.229. The first kappa shape index (κ1) is 23.1. The maximum Gasteiger partial charge on any atom is 0.266 e. The van der Waals surface area contributed by atoms with Crippen molar-refractivity contribution in [3.8, 4) is 11.8 Å². The minimum Gasteiger partial charge on any atom is -0.488 e. The molecule has 0 unspecified atom stereocenters. The fourth-order valence-electron chi connectivity index (χ4n) is 2.67. The number of nitrogens with zero attached hydrogens (tertiary/aromatic N) is 1. The van der Waals surface area contributed by atoms with E-state index in [0.29, 0.717) is 28.1 Å². The lowest BCUT2D eigenvalue weighted by Gasteiger charge is -2.10. The van der Waals surface area contributed by atoms with E-state index in [4.69, 9.17) is 27.9 Å². The van der Waals surface area contributed by atoms with Crippen molar-refractivity contribution in [3.63, 3.8) is 0 Å². The van der Waals surface area contributed by atoms with E-state index >= 15 is 0 Å². The first-order valence-corrected chi connectivity index (χ1v) is 11.1. The minimum atomic E-state index is -0.457. The zero-order chi connectivity index (χ0) is 22.4. The lowest BCUT2D eigenvalue weighted by atomic mass is 10.1. The van der Waals surface area contributed by atoms with E-state index in [1.54, 1.807) is 42.5 Å². The normalized spacial score (nSPS) is 11.0. The Hall–Kier alpha value is -2.53. The summed E-state index contributed by atoms with van der Waals surface area (Å²) in [5.41, 5.74) is 3.36. The van der Waals surface area contributed by atoms with Gasteiger partial charge in [-0.1, -0.05) is 53.0 Å². The molecule has 0 bridgehead atoms. The molecule has 1 amide bonds. The number of rotatable bonds is 6. The van der Waals surface area contributed by atoms with Crippen molar-refractivity contribution < 1.29 is 9.53 Å². The highest BCUT2D eigenvalue weighted by molar-refractivity contribution is 14.1. The van der Waals surface area contributed by atoms with Crippen molar-refractivity contribution in [1.82, 2.24) is 0 Å². The van der Waals surface area contributed by atoms with Crippen LogP contribution in [0.15, 0.2) is 66.2 Å². The zero-order valence-corrected chi connectivity index (χ0v) is 20.1. The van der Waals surface area contributed by atoms with Crippen LogP contribution in [-0.2, 0) is 11.4 Å². The zero-order valence-electron chi connectivity index (χ0n) is 16.5. The van der Waals surface area contributed by atoms with Gasteiger partial charge in [-0.05, 0) is 83.1 Å². The quantitative estimate of drug-likeness (QED) is 0.199. The third-order valence-electron chi connectivity index (χ3n) is 4.32. The molecule has 0 aromatic heterocycles. The number of hydrogen-bond acceptors (Lipinski definition) is 3. The van der Waals surface area contributed by atoms with E-state index in [9.17, 15) is 10.1 Å². The van der Waals surface area contributed by atoms with Gasteiger partial charge in [0.2, 0.25) is 0 Å². The minimum absolute atomic E-state index is 0.0147. The second-order valence-electron chi connectivity index (χ2n) is 6.72. The molecule has 0 aliphatic carbocycles. The molecule has 0 atom stereocenters. The first-order chi connectivity index (χ1) is 14.9. The van der Waals surface area contributed by atoms with Gasteiger partial charge < -0.3 is 10.1 Å². The number of hydrogen-bond donors (Lipinski definition) is 1. The Morgan fingerprint density at radius 1 is 1.10 bits per heavy atom. The van der Waals surface area contributed by atoms with E-state index in [1.165, 1.54) is 0 Å². The topological polar surface area (TPSA) is 62.1 Å². The van der Waals surface area contributed by atoms with Crippen LogP contribution < -0.4 is 10.1 Å².